The van der Waals surface area contributed by atoms with Crippen molar-refractivity contribution >= 4 is 40.6 Å². The molecular weight excluding hydrogens is 483 g/mol. The maximum atomic E-state index is 13.6. The highest BCUT2D eigenvalue weighted by Crippen LogP contribution is 2.31. The number of amides is 1. The van der Waals surface area contributed by atoms with Crippen molar-refractivity contribution in [2.45, 2.75) is 17.3 Å². The smallest absolute Gasteiger partial charge is 0.306 e. The van der Waals surface area contributed by atoms with Crippen LogP contribution in [0, 0.1) is 15.9 Å². The molecule has 1 amide bonds. The molecule has 0 unspecified atom stereocenters. The molecule has 1 N–H and O–H groups in total. The zero-order chi connectivity index (χ0) is 24.2. The minimum absolute atomic E-state index is 0.113. The number of benzene rings is 2. The summed E-state index contributed by atoms with van der Waals surface area (Å²) in [7, 11) is 0. The first-order valence-electron chi connectivity index (χ1n) is 9.86. The summed E-state index contributed by atoms with van der Waals surface area (Å²) in [5.41, 5.74) is 0.912. The lowest BCUT2D eigenvalue weighted by Crippen LogP contribution is -2.23. The second-order valence-electron chi connectivity index (χ2n) is 7.03. The second-order valence-corrected chi connectivity index (χ2v) is 8.77. The van der Waals surface area contributed by atoms with Crippen LogP contribution < -0.4 is 5.32 Å². The lowest BCUT2D eigenvalue weighted by Gasteiger charge is -2.14. The van der Waals surface area contributed by atoms with Gasteiger partial charge in [-0.1, -0.05) is 23.4 Å². The second kappa shape index (κ2) is 9.98. The first kappa shape index (κ1) is 23.3. The van der Waals surface area contributed by atoms with Gasteiger partial charge in [0.2, 0.25) is 11.7 Å². The Kier molecular flexibility index (Phi) is 6.85. The van der Waals surface area contributed by atoms with Crippen LogP contribution in [0.15, 0.2) is 72.1 Å². The van der Waals surface area contributed by atoms with Crippen LogP contribution >= 0.6 is 23.4 Å². The third-order valence-corrected chi connectivity index (χ3v) is 6.01. The molecule has 12 heteroatoms. The van der Waals surface area contributed by atoms with E-state index < -0.39 is 27.6 Å². The van der Waals surface area contributed by atoms with Crippen molar-refractivity contribution in [3.8, 4) is 17.1 Å². The molecule has 0 aliphatic heterocycles. The number of nitrogens with zero attached hydrogens (tertiary/aromatic N) is 5. The molecular formula is C22H16ClFN6O3S. The SMILES string of the molecule is C[C@H](Sc1nnc(-c2ccncc2)n1-c1ccc(Cl)cc1)C(=O)Nc1ccc(F)c([N+](=O)[O-])c1. The normalized spacial score (nSPS) is 11.7. The van der Waals surface area contributed by atoms with Crippen molar-refractivity contribution in [3.05, 3.63) is 87.9 Å². The quantitative estimate of drug-likeness (QED) is 0.213. The van der Waals surface area contributed by atoms with Gasteiger partial charge in [-0.3, -0.25) is 24.5 Å². The summed E-state index contributed by atoms with van der Waals surface area (Å²) in [4.78, 5) is 26.9. The Labute approximate surface area is 202 Å². The number of rotatable bonds is 7. The first-order chi connectivity index (χ1) is 16.3. The number of hydrogen-bond acceptors (Lipinski definition) is 7. The number of nitro benzene ring substituents is 1. The molecule has 172 valence electrons. The number of nitrogens with one attached hydrogen (secondary N) is 1. The standard InChI is InChI=1S/C22H16ClFN6O3S/c1-13(21(31)26-16-4-7-18(24)19(12-16)30(32)33)34-22-28-27-20(14-8-10-25-11-9-14)29(22)17-5-2-15(23)3-6-17/h2-13H,1H3,(H,26,31)/t13-/m0/s1. The van der Waals surface area contributed by atoms with E-state index in [1.165, 1.54) is 6.07 Å². The molecule has 0 fully saturated rings. The molecule has 1 atom stereocenters. The average Bonchev–Trinajstić information content (AvgIpc) is 3.24. The summed E-state index contributed by atoms with van der Waals surface area (Å²) in [6.07, 6.45) is 3.28. The summed E-state index contributed by atoms with van der Waals surface area (Å²) >= 11 is 7.19. The van der Waals surface area contributed by atoms with Crippen molar-refractivity contribution in [2.24, 2.45) is 0 Å². The lowest BCUT2D eigenvalue weighted by atomic mass is 10.2. The van der Waals surface area contributed by atoms with E-state index in [9.17, 15) is 19.3 Å². The van der Waals surface area contributed by atoms with Gasteiger partial charge in [0.15, 0.2) is 11.0 Å². The number of aromatic nitrogens is 4. The fraction of sp³-hybridized carbons (Fsp3) is 0.0909. The maximum Gasteiger partial charge on any atom is 0.306 e. The van der Waals surface area contributed by atoms with Crippen molar-refractivity contribution in [1.82, 2.24) is 19.7 Å². The van der Waals surface area contributed by atoms with Gasteiger partial charge in [-0.2, -0.15) is 4.39 Å². The van der Waals surface area contributed by atoms with E-state index >= 15 is 0 Å². The summed E-state index contributed by atoms with van der Waals surface area (Å²) in [6.45, 7) is 1.66. The van der Waals surface area contributed by atoms with E-state index in [1.807, 2.05) is 12.1 Å². The van der Waals surface area contributed by atoms with Crippen LogP contribution in [0.25, 0.3) is 17.1 Å². The van der Waals surface area contributed by atoms with E-state index in [0.29, 0.717) is 16.0 Å². The minimum Gasteiger partial charge on any atom is -0.325 e. The summed E-state index contributed by atoms with van der Waals surface area (Å²) in [5.74, 6) is -0.874. The number of carbonyl (C=O) groups is 1. The highest BCUT2D eigenvalue weighted by Gasteiger charge is 2.23. The van der Waals surface area contributed by atoms with E-state index in [2.05, 4.69) is 20.5 Å². The van der Waals surface area contributed by atoms with Gasteiger partial charge >= 0.3 is 5.69 Å². The third kappa shape index (κ3) is 5.05. The van der Waals surface area contributed by atoms with Gasteiger partial charge in [-0.05, 0) is 55.5 Å². The third-order valence-electron chi connectivity index (χ3n) is 4.72. The minimum atomic E-state index is -0.981. The number of pyridine rings is 1. The highest BCUT2D eigenvalue weighted by atomic mass is 35.5. The lowest BCUT2D eigenvalue weighted by molar-refractivity contribution is -0.387. The van der Waals surface area contributed by atoms with Gasteiger partial charge in [0, 0.05) is 40.4 Å². The molecule has 0 aliphatic carbocycles. The Bertz CT molecular complexity index is 1350. The summed E-state index contributed by atoms with van der Waals surface area (Å²) in [6, 6.07) is 13.8. The number of thioether (sulfide) groups is 1. The van der Waals surface area contributed by atoms with Crippen LogP contribution in [0.4, 0.5) is 15.8 Å². The van der Waals surface area contributed by atoms with Crippen LogP contribution in [0.3, 0.4) is 0 Å². The van der Waals surface area contributed by atoms with Crippen LogP contribution in [-0.2, 0) is 4.79 Å². The van der Waals surface area contributed by atoms with E-state index in [0.717, 1.165) is 35.1 Å². The van der Waals surface area contributed by atoms with Gasteiger partial charge in [-0.25, -0.2) is 0 Å². The number of hydrogen-bond donors (Lipinski definition) is 1. The summed E-state index contributed by atoms with van der Waals surface area (Å²) < 4.78 is 15.4. The van der Waals surface area contributed by atoms with Crippen molar-refractivity contribution < 1.29 is 14.1 Å². The fourth-order valence-electron chi connectivity index (χ4n) is 3.04. The van der Waals surface area contributed by atoms with Crippen LogP contribution in [0.2, 0.25) is 5.02 Å². The number of anilines is 1. The van der Waals surface area contributed by atoms with Crippen molar-refractivity contribution in [1.29, 1.82) is 0 Å². The molecule has 2 heterocycles. The highest BCUT2D eigenvalue weighted by molar-refractivity contribution is 8.00. The Balaban J connectivity index is 1.61. The largest absolute Gasteiger partial charge is 0.325 e. The van der Waals surface area contributed by atoms with Crippen LogP contribution in [0.1, 0.15) is 6.92 Å². The molecule has 0 radical (unpaired) electrons. The predicted molar refractivity (Wildman–Crippen MR) is 127 cm³/mol. The van der Waals surface area contributed by atoms with Crippen molar-refractivity contribution in [2.75, 3.05) is 5.32 Å². The number of halogens is 2. The molecule has 0 bridgehead atoms. The van der Waals surface area contributed by atoms with Crippen molar-refractivity contribution in [3.63, 3.8) is 0 Å². The molecule has 34 heavy (non-hydrogen) atoms. The van der Waals surface area contributed by atoms with E-state index in [1.54, 1.807) is 48.1 Å². The van der Waals surface area contributed by atoms with Gasteiger partial charge < -0.3 is 5.32 Å². The molecule has 9 nitrogen and oxygen atoms in total. The number of carbonyl (C=O) groups excluding carboxylic acids is 1. The van der Waals surface area contributed by atoms with Gasteiger partial charge in [0.05, 0.1) is 10.2 Å². The fourth-order valence-corrected chi connectivity index (χ4v) is 4.04. The Hall–Kier alpha value is -3.83. The predicted octanol–water partition coefficient (Wildman–Crippen LogP) is 5.15. The first-order valence-corrected chi connectivity index (χ1v) is 11.1. The Morgan fingerprint density at radius 1 is 1.15 bits per heavy atom. The van der Waals surface area contributed by atoms with Gasteiger partial charge in [0.1, 0.15) is 0 Å². The molecule has 2 aromatic heterocycles. The van der Waals surface area contributed by atoms with E-state index in [-0.39, 0.29) is 5.69 Å². The maximum absolute atomic E-state index is 13.6. The van der Waals surface area contributed by atoms with Crippen LogP contribution in [-0.4, -0.2) is 35.8 Å². The average molecular weight is 499 g/mol. The topological polar surface area (TPSA) is 116 Å². The molecule has 4 aromatic rings. The molecule has 0 aliphatic rings. The molecule has 0 spiro atoms. The van der Waals surface area contributed by atoms with Gasteiger partial charge in [0.25, 0.3) is 0 Å². The molecule has 0 saturated carbocycles. The molecule has 2 aromatic carbocycles. The zero-order valence-electron chi connectivity index (χ0n) is 17.6. The van der Waals surface area contributed by atoms with Gasteiger partial charge in [-0.15, -0.1) is 10.2 Å². The van der Waals surface area contributed by atoms with Crippen LogP contribution in [0.5, 0.6) is 0 Å². The Morgan fingerprint density at radius 2 is 1.85 bits per heavy atom. The summed E-state index contributed by atoms with van der Waals surface area (Å²) in [5, 5.41) is 22.5. The molecule has 4 rings (SSSR count). The van der Waals surface area contributed by atoms with E-state index in [4.69, 9.17) is 11.6 Å². The zero-order valence-corrected chi connectivity index (χ0v) is 19.1. The molecule has 0 saturated heterocycles. The number of nitro groups is 1. The monoisotopic (exact) mass is 498 g/mol. The Morgan fingerprint density at radius 3 is 2.53 bits per heavy atom.